The molecule has 0 aliphatic rings. The Morgan fingerprint density at radius 3 is 2.67 bits per heavy atom. The molecule has 1 amide bonds. The number of carbonyl (C=O) groups is 1. The van der Waals surface area contributed by atoms with Gasteiger partial charge in [0.15, 0.2) is 0 Å². The molecule has 0 bridgehead atoms. The lowest BCUT2D eigenvalue weighted by atomic mass is 10.2. The normalized spacial score (nSPS) is 10.9. The predicted octanol–water partition coefficient (Wildman–Crippen LogP) is 3.17. The van der Waals surface area contributed by atoms with Crippen LogP contribution in [0.2, 0.25) is 0 Å². The number of hydrogen-bond acceptors (Lipinski definition) is 5. The number of thiophene rings is 1. The third-order valence-electron chi connectivity index (χ3n) is 4.68. The molecule has 0 saturated heterocycles. The van der Waals surface area contributed by atoms with Crippen LogP contribution in [0.4, 0.5) is 5.69 Å². The zero-order valence-corrected chi connectivity index (χ0v) is 17.2. The summed E-state index contributed by atoms with van der Waals surface area (Å²) in [6.07, 6.45) is 0. The van der Waals surface area contributed by atoms with Crippen molar-refractivity contribution in [1.82, 2.24) is 9.13 Å². The van der Waals surface area contributed by atoms with Crippen molar-refractivity contribution in [2.24, 2.45) is 0 Å². The molecule has 2 heterocycles. The Balaban J connectivity index is 1.82. The van der Waals surface area contributed by atoms with Crippen LogP contribution < -0.4 is 21.3 Å². The summed E-state index contributed by atoms with van der Waals surface area (Å²) in [7, 11) is 1.47. The zero-order chi connectivity index (χ0) is 21.3. The van der Waals surface area contributed by atoms with Gasteiger partial charge in [0.1, 0.15) is 17.0 Å². The van der Waals surface area contributed by atoms with Crippen LogP contribution in [0, 0.1) is 6.92 Å². The number of benzene rings is 2. The van der Waals surface area contributed by atoms with Gasteiger partial charge in [0.25, 0.3) is 5.56 Å². The van der Waals surface area contributed by atoms with Gasteiger partial charge in [-0.15, -0.1) is 11.3 Å². The van der Waals surface area contributed by atoms with E-state index in [4.69, 9.17) is 4.74 Å². The van der Waals surface area contributed by atoms with Gasteiger partial charge in [-0.25, -0.2) is 9.36 Å². The van der Waals surface area contributed by atoms with Crippen LogP contribution in [0.1, 0.15) is 5.56 Å². The van der Waals surface area contributed by atoms with Crippen molar-refractivity contribution >= 4 is 33.1 Å². The minimum Gasteiger partial charge on any atom is -0.495 e. The van der Waals surface area contributed by atoms with E-state index in [2.05, 4.69) is 5.32 Å². The number of nitrogens with zero attached hydrogens (tertiary/aromatic N) is 2. The Bertz CT molecular complexity index is 1370. The molecule has 1 N–H and O–H groups in total. The van der Waals surface area contributed by atoms with Gasteiger partial charge in [-0.05, 0) is 48.2 Å². The molecular weight excluding hydrogens is 402 g/mol. The molecular formula is C22H19N3O4S. The van der Waals surface area contributed by atoms with Crippen LogP contribution in [0.15, 0.2) is 69.6 Å². The summed E-state index contributed by atoms with van der Waals surface area (Å²) in [4.78, 5) is 39.0. The smallest absolute Gasteiger partial charge is 0.336 e. The van der Waals surface area contributed by atoms with Crippen LogP contribution in [0.25, 0.3) is 15.9 Å². The summed E-state index contributed by atoms with van der Waals surface area (Å²) in [5.74, 6) is 0.0313. The zero-order valence-electron chi connectivity index (χ0n) is 16.4. The molecule has 2 aromatic heterocycles. The highest BCUT2D eigenvalue weighted by Gasteiger charge is 2.19. The number of amides is 1. The van der Waals surface area contributed by atoms with Gasteiger partial charge < -0.3 is 10.1 Å². The van der Waals surface area contributed by atoms with Crippen molar-refractivity contribution < 1.29 is 9.53 Å². The lowest BCUT2D eigenvalue weighted by molar-refractivity contribution is -0.116. The maximum atomic E-state index is 13.3. The van der Waals surface area contributed by atoms with Crippen LogP contribution >= 0.6 is 11.3 Å². The van der Waals surface area contributed by atoms with E-state index in [0.29, 0.717) is 27.3 Å². The molecule has 0 saturated carbocycles. The van der Waals surface area contributed by atoms with Crippen molar-refractivity contribution in [1.29, 1.82) is 0 Å². The van der Waals surface area contributed by atoms with Crippen LogP contribution in [-0.4, -0.2) is 22.2 Å². The molecule has 0 spiro atoms. The second kappa shape index (κ2) is 8.00. The quantitative estimate of drug-likeness (QED) is 0.537. The molecule has 0 radical (unpaired) electrons. The molecule has 0 unspecified atom stereocenters. The fourth-order valence-corrected chi connectivity index (χ4v) is 4.16. The number of fused-ring (bicyclic) bond motifs is 1. The van der Waals surface area contributed by atoms with Crippen molar-refractivity contribution in [2.45, 2.75) is 13.5 Å². The Morgan fingerprint density at radius 2 is 1.90 bits per heavy atom. The highest BCUT2D eigenvalue weighted by molar-refractivity contribution is 7.17. The van der Waals surface area contributed by atoms with E-state index < -0.39 is 11.2 Å². The summed E-state index contributed by atoms with van der Waals surface area (Å²) in [6, 6.07) is 15.9. The van der Waals surface area contributed by atoms with E-state index in [1.165, 1.54) is 23.0 Å². The fourth-order valence-electron chi connectivity index (χ4n) is 3.33. The van der Waals surface area contributed by atoms with Gasteiger partial charge in [0, 0.05) is 5.69 Å². The van der Waals surface area contributed by atoms with Gasteiger partial charge in [0.2, 0.25) is 5.91 Å². The molecule has 4 aromatic rings. The van der Waals surface area contributed by atoms with E-state index in [-0.39, 0.29) is 12.5 Å². The Kier molecular flexibility index (Phi) is 5.24. The van der Waals surface area contributed by atoms with Crippen molar-refractivity contribution in [2.75, 3.05) is 12.4 Å². The number of nitrogens with one attached hydrogen (secondary N) is 1. The average Bonchev–Trinajstić information content (AvgIpc) is 3.22. The standard InChI is InChI=1S/C22H19N3O4S/c1-14-6-5-7-15(12-14)23-19(26)13-24-17-10-11-30-20(17)21(27)25(22(24)28)16-8-3-4-9-18(16)29-2/h3-12H,13H2,1-2H3,(H,23,26). The first-order chi connectivity index (χ1) is 14.5. The monoisotopic (exact) mass is 421 g/mol. The minimum absolute atomic E-state index is 0.227. The number of methoxy groups -OCH3 is 1. The molecule has 7 nitrogen and oxygen atoms in total. The molecule has 30 heavy (non-hydrogen) atoms. The van der Waals surface area contributed by atoms with E-state index in [0.717, 1.165) is 10.1 Å². The summed E-state index contributed by atoms with van der Waals surface area (Å²) in [5, 5.41) is 4.53. The lowest BCUT2D eigenvalue weighted by Crippen LogP contribution is -2.40. The summed E-state index contributed by atoms with van der Waals surface area (Å²) < 4.78 is 8.09. The maximum Gasteiger partial charge on any atom is 0.336 e. The lowest BCUT2D eigenvalue weighted by Gasteiger charge is -2.14. The highest BCUT2D eigenvalue weighted by Crippen LogP contribution is 2.22. The fraction of sp³-hybridized carbons (Fsp3) is 0.136. The van der Waals surface area contributed by atoms with Crippen LogP contribution in [0.5, 0.6) is 5.75 Å². The number of aromatic nitrogens is 2. The van der Waals surface area contributed by atoms with E-state index in [1.54, 1.807) is 41.8 Å². The molecule has 8 heteroatoms. The van der Waals surface area contributed by atoms with Gasteiger partial charge in [-0.2, -0.15) is 0 Å². The van der Waals surface area contributed by atoms with E-state index >= 15 is 0 Å². The topological polar surface area (TPSA) is 82.3 Å². The Labute approximate surface area is 175 Å². The number of carbonyl (C=O) groups excluding carboxylic acids is 1. The Hall–Kier alpha value is -3.65. The number of anilines is 1. The van der Waals surface area contributed by atoms with E-state index in [1.807, 2.05) is 25.1 Å². The van der Waals surface area contributed by atoms with Gasteiger partial charge in [-0.3, -0.25) is 14.2 Å². The van der Waals surface area contributed by atoms with Gasteiger partial charge in [-0.1, -0.05) is 24.3 Å². The molecule has 0 atom stereocenters. The third kappa shape index (κ3) is 3.53. The van der Waals surface area contributed by atoms with Gasteiger partial charge in [0.05, 0.1) is 18.3 Å². The second-order valence-electron chi connectivity index (χ2n) is 6.73. The maximum absolute atomic E-state index is 13.3. The van der Waals surface area contributed by atoms with Crippen molar-refractivity contribution in [3.05, 3.63) is 86.4 Å². The number of ether oxygens (including phenoxy) is 1. The molecule has 152 valence electrons. The number of aryl methyl sites for hydroxylation is 1. The van der Waals surface area contributed by atoms with Crippen molar-refractivity contribution in [3.63, 3.8) is 0 Å². The third-order valence-corrected chi connectivity index (χ3v) is 5.58. The summed E-state index contributed by atoms with van der Waals surface area (Å²) in [5.41, 5.74) is 1.38. The molecule has 2 aromatic carbocycles. The first-order valence-electron chi connectivity index (χ1n) is 9.22. The highest BCUT2D eigenvalue weighted by atomic mass is 32.1. The summed E-state index contributed by atoms with van der Waals surface area (Å²) in [6.45, 7) is 1.70. The largest absolute Gasteiger partial charge is 0.495 e. The van der Waals surface area contributed by atoms with Crippen LogP contribution in [0.3, 0.4) is 0 Å². The van der Waals surface area contributed by atoms with Gasteiger partial charge >= 0.3 is 5.69 Å². The first-order valence-corrected chi connectivity index (χ1v) is 10.1. The van der Waals surface area contributed by atoms with E-state index in [9.17, 15) is 14.4 Å². The molecule has 0 fully saturated rings. The first kappa shape index (κ1) is 19.7. The average molecular weight is 421 g/mol. The summed E-state index contributed by atoms with van der Waals surface area (Å²) >= 11 is 1.23. The molecule has 4 rings (SSSR count). The number of rotatable bonds is 5. The predicted molar refractivity (Wildman–Crippen MR) is 118 cm³/mol. The Morgan fingerprint density at radius 1 is 1.10 bits per heavy atom. The number of para-hydroxylation sites is 2. The van der Waals surface area contributed by atoms with Crippen LogP contribution in [-0.2, 0) is 11.3 Å². The molecule has 0 aliphatic heterocycles. The number of hydrogen-bond donors (Lipinski definition) is 1. The second-order valence-corrected chi connectivity index (χ2v) is 7.65. The van der Waals surface area contributed by atoms with Crippen molar-refractivity contribution in [3.8, 4) is 11.4 Å². The molecule has 0 aliphatic carbocycles. The SMILES string of the molecule is COc1ccccc1-n1c(=O)c2sccc2n(CC(=O)Nc2cccc(C)c2)c1=O. The minimum atomic E-state index is -0.602.